The Hall–Kier alpha value is -0.870. The first-order chi connectivity index (χ1) is 8.83. The number of aromatic nitrogens is 2. The van der Waals surface area contributed by atoms with Gasteiger partial charge in [0.1, 0.15) is 0 Å². The number of rotatable bonds is 7. The molecule has 0 saturated heterocycles. The molecule has 1 aromatic heterocycles. The third-order valence-electron chi connectivity index (χ3n) is 3.73. The van der Waals surface area contributed by atoms with Gasteiger partial charge in [-0.05, 0) is 31.9 Å². The van der Waals surface area contributed by atoms with E-state index < -0.39 is 0 Å². The number of hydrogen-bond donors (Lipinski definition) is 1. The molecule has 1 heterocycles. The molecule has 0 aliphatic heterocycles. The van der Waals surface area contributed by atoms with Gasteiger partial charge in [0.05, 0.1) is 11.7 Å². The van der Waals surface area contributed by atoms with Gasteiger partial charge in [0, 0.05) is 25.8 Å². The minimum atomic E-state index is 0.646. The predicted molar refractivity (Wildman–Crippen MR) is 74.4 cm³/mol. The summed E-state index contributed by atoms with van der Waals surface area (Å²) in [5, 5.41) is 4.73. The van der Waals surface area contributed by atoms with Gasteiger partial charge in [0.15, 0.2) is 0 Å². The summed E-state index contributed by atoms with van der Waals surface area (Å²) in [5.74, 6) is 0. The van der Waals surface area contributed by atoms with Crippen molar-refractivity contribution < 1.29 is 0 Å². The largest absolute Gasteiger partial charge is 0.329 e. The van der Waals surface area contributed by atoms with Gasteiger partial charge in [-0.15, -0.1) is 0 Å². The highest BCUT2D eigenvalue weighted by Crippen LogP contribution is 2.28. The Balaban J connectivity index is 1.91. The fraction of sp³-hybridized carbons (Fsp3) is 0.786. The van der Waals surface area contributed by atoms with Crippen LogP contribution in [0, 0.1) is 0 Å². The zero-order valence-electron chi connectivity index (χ0n) is 11.5. The summed E-state index contributed by atoms with van der Waals surface area (Å²) in [6.07, 6.45) is 8.62. The molecule has 1 aliphatic rings. The van der Waals surface area contributed by atoms with Crippen LogP contribution >= 0.6 is 0 Å². The lowest BCUT2D eigenvalue weighted by molar-refractivity contribution is 0.268. The Morgan fingerprint density at radius 1 is 1.39 bits per heavy atom. The molecule has 0 radical (unpaired) electrons. The number of hydrogen-bond acceptors (Lipinski definition) is 3. The minimum absolute atomic E-state index is 0.646. The van der Waals surface area contributed by atoms with Crippen molar-refractivity contribution in [2.45, 2.75) is 51.6 Å². The van der Waals surface area contributed by atoms with Gasteiger partial charge in [-0.1, -0.05) is 19.8 Å². The lowest BCUT2D eigenvalue weighted by Gasteiger charge is -2.19. The molecule has 0 unspecified atom stereocenters. The molecular formula is C14H26N4. The van der Waals surface area contributed by atoms with Crippen LogP contribution in [0.25, 0.3) is 0 Å². The van der Waals surface area contributed by atoms with Crippen molar-refractivity contribution in [1.29, 1.82) is 0 Å². The molecule has 1 aromatic rings. The molecule has 0 amide bonds. The Morgan fingerprint density at radius 2 is 2.17 bits per heavy atom. The number of nitrogens with zero attached hydrogens (tertiary/aromatic N) is 3. The molecule has 102 valence electrons. The van der Waals surface area contributed by atoms with Crippen molar-refractivity contribution in [3.05, 3.63) is 18.0 Å². The first-order valence-corrected chi connectivity index (χ1v) is 7.30. The predicted octanol–water partition coefficient (Wildman–Crippen LogP) is 2.17. The lowest BCUT2D eigenvalue weighted by atomic mass is 10.3. The average Bonchev–Trinajstić information content (AvgIpc) is 2.98. The van der Waals surface area contributed by atoms with E-state index in [1.54, 1.807) is 0 Å². The van der Waals surface area contributed by atoms with Crippen molar-refractivity contribution in [3.63, 3.8) is 0 Å². The maximum absolute atomic E-state index is 5.65. The zero-order valence-corrected chi connectivity index (χ0v) is 11.5. The van der Waals surface area contributed by atoms with Crippen LogP contribution in [0.3, 0.4) is 0 Å². The normalized spacial score (nSPS) is 16.8. The fourth-order valence-electron chi connectivity index (χ4n) is 2.83. The van der Waals surface area contributed by atoms with Gasteiger partial charge >= 0.3 is 0 Å². The molecule has 1 aliphatic carbocycles. The number of nitrogens with two attached hydrogens (primary N) is 1. The van der Waals surface area contributed by atoms with E-state index in [9.17, 15) is 0 Å². The molecule has 18 heavy (non-hydrogen) atoms. The third-order valence-corrected chi connectivity index (χ3v) is 3.73. The second kappa shape index (κ2) is 6.90. The maximum Gasteiger partial charge on any atom is 0.0764 e. The van der Waals surface area contributed by atoms with Gasteiger partial charge in [-0.2, -0.15) is 5.10 Å². The van der Waals surface area contributed by atoms with Crippen LogP contribution in [0.5, 0.6) is 0 Å². The van der Waals surface area contributed by atoms with E-state index in [-0.39, 0.29) is 0 Å². The highest BCUT2D eigenvalue weighted by molar-refractivity contribution is 5.00. The van der Waals surface area contributed by atoms with E-state index in [2.05, 4.69) is 28.8 Å². The topological polar surface area (TPSA) is 47.1 Å². The van der Waals surface area contributed by atoms with Crippen LogP contribution in [-0.2, 0) is 6.54 Å². The standard InChI is InChI=1S/C14H26N4/c1-2-9-17(11-8-15)12-13-7-10-18(16-13)14-5-3-4-6-14/h7,10,14H,2-6,8-9,11-12,15H2,1H3. The Bertz CT molecular complexity index is 335. The van der Waals surface area contributed by atoms with Crippen molar-refractivity contribution >= 4 is 0 Å². The van der Waals surface area contributed by atoms with Gasteiger partial charge in [0.2, 0.25) is 0 Å². The first-order valence-electron chi connectivity index (χ1n) is 7.30. The second-order valence-corrected chi connectivity index (χ2v) is 5.29. The molecule has 0 spiro atoms. The van der Waals surface area contributed by atoms with Crippen LogP contribution in [0.15, 0.2) is 12.3 Å². The summed E-state index contributed by atoms with van der Waals surface area (Å²) in [4.78, 5) is 2.39. The Morgan fingerprint density at radius 3 is 2.83 bits per heavy atom. The van der Waals surface area contributed by atoms with E-state index >= 15 is 0 Å². The molecule has 0 atom stereocenters. The van der Waals surface area contributed by atoms with Gasteiger partial charge < -0.3 is 5.73 Å². The third kappa shape index (κ3) is 3.56. The van der Waals surface area contributed by atoms with Crippen LogP contribution in [0.1, 0.15) is 50.8 Å². The minimum Gasteiger partial charge on any atom is -0.329 e. The van der Waals surface area contributed by atoms with Crippen molar-refractivity contribution in [1.82, 2.24) is 14.7 Å². The monoisotopic (exact) mass is 250 g/mol. The quantitative estimate of drug-likeness (QED) is 0.806. The molecule has 2 N–H and O–H groups in total. The summed E-state index contributed by atoms with van der Waals surface area (Å²) in [6, 6.07) is 2.81. The summed E-state index contributed by atoms with van der Waals surface area (Å²) < 4.78 is 2.18. The second-order valence-electron chi connectivity index (χ2n) is 5.29. The first kappa shape index (κ1) is 13.6. The van der Waals surface area contributed by atoms with Gasteiger partial charge in [-0.3, -0.25) is 9.58 Å². The summed E-state index contributed by atoms with van der Waals surface area (Å²) in [6.45, 7) is 5.94. The van der Waals surface area contributed by atoms with E-state index in [1.807, 2.05) is 0 Å². The molecule has 1 fully saturated rings. The van der Waals surface area contributed by atoms with Crippen molar-refractivity contribution in [2.75, 3.05) is 19.6 Å². The SMILES string of the molecule is CCCN(CCN)Cc1ccn(C2CCCC2)n1. The van der Waals surface area contributed by atoms with E-state index in [1.165, 1.54) is 37.8 Å². The van der Waals surface area contributed by atoms with Crippen molar-refractivity contribution in [2.24, 2.45) is 5.73 Å². The Kier molecular flexibility index (Phi) is 5.20. The van der Waals surface area contributed by atoms with E-state index in [0.717, 1.165) is 26.2 Å². The molecule has 0 aromatic carbocycles. The lowest BCUT2D eigenvalue weighted by Crippen LogP contribution is -2.30. The summed E-state index contributed by atoms with van der Waals surface area (Å²) >= 11 is 0. The molecule has 2 rings (SSSR count). The fourth-order valence-corrected chi connectivity index (χ4v) is 2.83. The zero-order chi connectivity index (χ0) is 12.8. The molecule has 1 saturated carbocycles. The highest BCUT2D eigenvalue weighted by Gasteiger charge is 2.17. The van der Waals surface area contributed by atoms with Gasteiger partial charge in [-0.25, -0.2) is 0 Å². The molecule has 4 heteroatoms. The smallest absolute Gasteiger partial charge is 0.0764 e. The van der Waals surface area contributed by atoms with Crippen LogP contribution < -0.4 is 5.73 Å². The molecule has 0 bridgehead atoms. The Labute approximate surface area is 110 Å². The average molecular weight is 250 g/mol. The highest BCUT2D eigenvalue weighted by atomic mass is 15.3. The van der Waals surface area contributed by atoms with Crippen LogP contribution in [-0.4, -0.2) is 34.3 Å². The van der Waals surface area contributed by atoms with E-state index in [0.29, 0.717) is 6.04 Å². The summed E-state index contributed by atoms with van der Waals surface area (Å²) in [5.41, 5.74) is 6.83. The molecular weight excluding hydrogens is 224 g/mol. The van der Waals surface area contributed by atoms with Crippen LogP contribution in [0.4, 0.5) is 0 Å². The van der Waals surface area contributed by atoms with E-state index in [4.69, 9.17) is 10.8 Å². The molecule has 4 nitrogen and oxygen atoms in total. The summed E-state index contributed by atoms with van der Waals surface area (Å²) in [7, 11) is 0. The van der Waals surface area contributed by atoms with Crippen molar-refractivity contribution in [3.8, 4) is 0 Å². The van der Waals surface area contributed by atoms with Gasteiger partial charge in [0.25, 0.3) is 0 Å². The maximum atomic E-state index is 5.65. The van der Waals surface area contributed by atoms with Crippen LogP contribution in [0.2, 0.25) is 0 Å².